The van der Waals surface area contributed by atoms with E-state index in [1.165, 1.54) is 24.3 Å². The van der Waals surface area contributed by atoms with Crippen LogP contribution in [-0.2, 0) is 15.1 Å². The van der Waals surface area contributed by atoms with E-state index in [0.29, 0.717) is 10.9 Å². The van der Waals surface area contributed by atoms with E-state index in [0.717, 1.165) is 5.52 Å². The Morgan fingerprint density at radius 3 is 2.56 bits per heavy atom. The number of fused-ring (bicyclic) bond motifs is 1. The minimum atomic E-state index is -2.08. The van der Waals surface area contributed by atoms with E-state index in [-0.39, 0.29) is 17.9 Å². The molecular weight excluding hydrogens is 324 g/mol. The number of hydrogen-bond acceptors (Lipinski definition) is 5. The first kappa shape index (κ1) is 16.7. The summed E-state index contributed by atoms with van der Waals surface area (Å²) in [5.41, 5.74) is -0.933. The molecule has 0 fully saturated rings. The number of nitro benzene ring substituents is 1. The Morgan fingerprint density at radius 1 is 1.24 bits per heavy atom. The van der Waals surface area contributed by atoms with Crippen LogP contribution in [0.15, 0.2) is 54.7 Å². The summed E-state index contributed by atoms with van der Waals surface area (Å²) in [5.74, 6) is -0.839. The molecule has 7 heteroatoms. The Hall–Kier alpha value is -3.19. The summed E-state index contributed by atoms with van der Waals surface area (Å²) in [6.07, 6.45) is 1.54. The summed E-state index contributed by atoms with van der Waals surface area (Å²) in [7, 11) is 0. The highest BCUT2D eigenvalue weighted by atomic mass is 16.6. The van der Waals surface area contributed by atoms with Gasteiger partial charge in [-0.1, -0.05) is 18.2 Å². The number of nitrogens with one attached hydrogen (secondary N) is 1. The van der Waals surface area contributed by atoms with Crippen LogP contribution in [0.3, 0.4) is 0 Å². The lowest BCUT2D eigenvalue weighted by Gasteiger charge is -2.26. The van der Waals surface area contributed by atoms with Gasteiger partial charge in [-0.3, -0.25) is 10.1 Å². The van der Waals surface area contributed by atoms with Crippen molar-refractivity contribution in [3.8, 4) is 0 Å². The summed E-state index contributed by atoms with van der Waals surface area (Å²) < 4.78 is 5.08. The first-order valence-corrected chi connectivity index (χ1v) is 7.69. The average molecular weight is 340 g/mol. The van der Waals surface area contributed by atoms with Gasteiger partial charge in [0, 0.05) is 40.4 Å². The maximum atomic E-state index is 12.6. The van der Waals surface area contributed by atoms with Crippen LogP contribution in [0.25, 0.3) is 10.9 Å². The smallest absolute Gasteiger partial charge is 0.347 e. The summed E-state index contributed by atoms with van der Waals surface area (Å²) in [6.45, 7) is 1.74. The van der Waals surface area contributed by atoms with Crippen LogP contribution in [0.4, 0.5) is 5.69 Å². The van der Waals surface area contributed by atoms with Crippen LogP contribution in [0.1, 0.15) is 18.1 Å². The zero-order chi connectivity index (χ0) is 18.0. The second-order valence-electron chi connectivity index (χ2n) is 5.48. The highest BCUT2D eigenvalue weighted by molar-refractivity contribution is 5.94. The van der Waals surface area contributed by atoms with Gasteiger partial charge in [0.15, 0.2) is 0 Å². The second kappa shape index (κ2) is 6.37. The molecule has 2 N–H and O–H groups in total. The van der Waals surface area contributed by atoms with Crippen LogP contribution in [-0.4, -0.2) is 27.6 Å². The van der Waals surface area contributed by atoms with Gasteiger partial charge >= 0.3 is 5.97 Å². The van der Waals surface area contributed by atoms with Gasteiger partial charge in [0.05, 0.1) is 11.5 Å². The first-order valence-electron chi connectivity index (χ1n) is 7.69. The highest BCUT2D eigenvalue weighted by Gasteiger charge is 2.43. The van der Waals surface area contributed by atoms with Crippen molar-refractivity contribution >= 4 is 22.6 Å². The molecule has 1 atom stereocenters. The Morgan fingerprint density at radius 2 is 1.92 bits per heavy atom. The van der Waals surface area contributed by atoms with Gasteiger partial charge in [-0.25, -0.2) is 4.79 Å². The van der Waals surface area contributed by atoms with Gasteiger partial charge in [0.25, 0.3) is 5.69 Å². The molecule has 0 aliphatic heterocycles. The number of aromatic amines is 1. The average Bonchev–Trinajstić information content (AvgIpc) is 3.06. The van der Waals surface area contributed by atoms with Crippen molar-refractivity contribution < 1.29 is 19.6 Å². The number of para-hydroxylation sites is 1. The number of rotatable bonds is 5. The Kier molecular flexibility index (Phi) is 4.24. The monoisotopic (exact) mass is 340 g/mol. The van der Waals surface area contributed by atoms with Crippen molar-refractivity contribution in [2.75, 3.05) is 6.61 Å². The first-order chi connectivity index (χ1) is 12.0. The number of non-ortho nitro benzene ring substituents is 1. The standard InChI is InChI=1S/C18H16N2O5/c1-2-25-17(21)18(22,12-7-9-13(10-8-12)20(23)24)15-11-19-16-6-4-3-5-14(15)16/h3-11,19,22H,2H2,1H3. The highest BCUT2D eigenvalue weighted by Crippen LogP contribution is 2.36. The van der Waals surface area contributed by atoms with Gasteiger partial charge in [-0.2, -0.15) is 0 Å². The van der Waals surface area contributed by atoms with Gasteiger partial charge in [-0.15, -0.1) is 0 Å². The third-order valence-electron chi connectivity index (χ3n) is 4.05. The van der Waals surface area contributed by atoms with E-state index in [4.69, 9.17) is 4.74 Å². The van der Waals surface area contributed by atoms with E-state index in [9.17, 15) is 20.0 Å². The number of carbonyl (C=O) groups excluding carboxylic acids is 1. The molecule has 1 aromatic heterocycles. The van der Waals surface area contributed by atoms with Crippen LogP contribution in [0, 0.1) is 10.1 Å². The maximum absolute atomic E-state index is 12.6. The summed E-state index contributed by atoms with van der Waals surface area (Å²) in [5, 5.41) is 22.8. The molecule has 0 saturated heterocycles. The van der Waals surface area contributed by atoms with Crippen LogP contribution in [0.5, 0.6) is 0 Å². The number of nitro groups is 1. The van der Waals surface area contributed by atoms with Crippen molar-refractivity contribution in [1.29, 1.82) is 0 Å². The number of hydrogen-bond donors (Lipinski definition) is 2. The number of esters is 1. The van der Waals surface area contributed by atoms with Gasteiger partial charge < -0.3 is 14.8 Å². The molecule has 2 aromatic carbocycles. The molecule has 0 amide bonds. The molecule has 0 aliphatic rings. The minimum absolute atomic E-state index is 0.0937. The molecule has 3 aromatic rings. The Bertz CT molecular complexity index is 932. The fourth-order valence-electron chi connectivity index (χ4n) is 2.81. The number of ether oxygens (including phenoxy) is 1. The number of benzene rings is 2. The molecule has 0 radical (unpaired) electrons. The van der Waals surface area contributed by atoms with Crippen molar-refractivity contribution in [3.05, 3.63) is 76.0 Å². The van der Waals surface area contributed by atoms with E-state index in [2.05, 4.69) is 4.98 Å². The normalized spacial score (nSPS) is 13.4. The van der Waals surface area contributed by atoms with E-state index < -0.39 is 16.5 Å². The molecule has 128 valence electrons. The van der Waals surface area contributed by atoms with Crippen LogP contribution < -0.4 is 0 Å². The lowest BCUT2D eigenvalue weighted by molar-refractivity contribution is -0.384. The maximum Gasteiger partial charge on any atom is 0.347 e. The summed E-state index contributed by atoms with van der Waals surface area (Å²) >= 11 is 0. The van der Waals surface area contributed by atoms with Gasteiger partial charge in [0.1, 0.15) is 0 Å². The fraction of sp³-hybridized carbons (Fsp3) is 0.167. The van der Waals surface area contributed by atoms with E-state index in [1.54, 1.807) is 25.3 Å². The lowest BCUT2D eigenvalue weighted by atomic mass is 9.86. The Balaban J connectivity index is 2.20. The predicted octanol–water partition coefficient (Wildman–Crippen LogP) is 2.88. The number of nitrogens with zero attached hydrogens (tertiary/aromatic N) is 1. The fourth-order valence-corrected chi connectivity index (χ4v) is 2.81. The van der Waals surface area contributed by atoms with E-state index in [1.807, 2.05) is 12.1 Å². The van der Waals surface area contributed by atoms with Gasteiger partial charge in [-0.05, 0) is 25.1 Å². The van der Waals surface area contributed by atoms with Crippen molar-refractivity contribution in [2.24, 2.45) is 0 Å². The van der Waals surface area contributed by atoms with Crippen molar-refractivity contribution in [3.63, 3.8) is 0 Å². The molecule has 7 nitrogen and oxygen atoms in total. The Labute approximate surface area is 143 Å². The second-order valence-corrected chi connectivity index (χ2v) is 5.48. The van der Waals surface area contributed by atoms with Crippen LogP contribution in [0.2, 0.25) is 0 Å². The molecule has 25 heavy (non-hydrogen) atoms. The third-order valence-corrected chi connectivity index (χ3v) is 4.05. The van der Waals surface area contributed by atoms with E-state index >= 15 is 0 Å². The molecule has 1 unspecified atom stereocenters. The molecule has 3 rings (SSSR count). The molecular formula is C18H16N2O5. The SMILES string of the molecule is CCOC(=O)C(O)(c1ccc([N+](=O)[O-])cc1)c1c[nH]c2ccccc12. The number of carbonyl (C=O) groups is 1. The number of aromatic nitrogens is 1. The molecule has 1 heterocycles. The third kappa shape index (κ3) is 2.74. The number of H-pyrrole nitrogens is 1. The number of aliphatic hydroxyl groups is 1. The van der Waals surface area contributed by atoms with Gasteiger partial charge in [0.2, 0.25) is 5.60 Å². The zero-order valence-corrected chi connectivity index (χ0v) is 13.4. The van der Waals surface area contributed by atoms with Crippen molar-refractivity contribution in [1.82, 2.24) is 4.98 Å². The zero-order valence-electron chi connectivity index (χ0n) is 13.4. The summed E-state index contributed by atoms with van der Waals surface area (Å²) in [4.78, 5) is 25.9. The molecule has 0 aliphatic carbocycles. The predicted molar refractivity (Wildman–Crippen MR) is 91.0 cm³/mol. The topological polar surface area (TPSA) is 105 Å². The van der Waals surface area contributed by atoms with Crippen molar-refractivity contribution in [2.45, 2.75) is 12.5 Å². The minimum Gasteiger partial charge on any atom is -0.463 e. The molecule has 0 saturated carbocycles. The lowest BCUT2D eigenvalue weighted by Crippen LogP contribution is -2.38. The summed E-state index contributed by atoms with van der Waals surface area (Å²) in [6, 6.07) is 12.4. The molecule has 0 spiro atoms. The quantitative estimate of drug-likeness (QED) is 0.422. The largest absolute Gasteiger partial charge is 0.463 e. The van der Waals surface area contributed by atoms with Crippen LogP contribution >= 0.6 is 0 Å². The molecule has 0 bridgehead atoms.